The molecule has 0 bridgehead atoms. The highest BCUT2D eigenvalue weighted by Crippen LogP contribution is 2.15. The molecule has 0 saturated heterocycles. The van der Waals surface area contributed by atoms with Gasteiger partial charge in [-0.1, -0.05) is 40.0 Å². The fourth-order valence-electron chi connectivity index (χ4n) is 1.68. The maximum Gasteiger partial charge on any atom is 0.156 e. The van der Waals surface area contributed by atoms with Crippen molar-refractivity contribution >= 4 is 0 Å². The Bertz CT molecular complexity index is 111. The molecule has 0 radical (unpaired) electrons. The molecular formula is C12H26O2. The highest BCUT2D eigenvalue weighted by Gasteiger charge is 2.07. The van der Waals surface area contributed by atoms with Crippen molar-refractivity contribution in [1.29, 1.82) is 0 Å². The van der Waals surface area contributed by atoms with Crippen LogP contribution in [0, 0.1) is 5.92 Å². The third-order valence-electron chi connectivity index (χ3n) is 2.70. The Morgan fingerprint density at radius 3 is 2.14 bits per heavy atom. The molecule has 2 unspecified atom stereocenters. The van der Waals surface area contributed by atoms with Crippen molar-refractivity contribution in [2.75, 3.05) is 13.7 Å². The molecule has 0 aliphatic heterocycles. The molecule has 14 heavy (non-hydrogen) atoms. The molecule has 0 aliphatic carbocycles. The quantitative estimate of drug-likeness (QED) is 0.532. The third kappa shape index (κ3) is 6.39. The SMILES string of the molecule is CCCC(CC)CCOC(CC)OC. The predicted molar refractivity (Wildman–Crippen MR) is 60.3 cm³/mol. The van der Waals surface area contributed by atoms with E-state index >= 15 is 0 Å². The molecule has 0 N–H and O–H groups in total. The van der Waals surface area contributed by atoms with E-state index in [1.165, 1.54) is 25.7 Å². The summed E-state index contributed by atoms with van der Waals surface area (Å²) in [7, 11) is 1.71. The molecule has 0 aromatic rings. The van der Waals surface area contributed by atoms with Gasteiger partial charge in [0.15, 0.2) is 6.29 Å². The molecule has 0 heterocycles. The topological polar surface area (TPSA) is 18.5 Å². The van der Waals surface area contributed by atoms with E-state index in [4.69, 9.17) is 9.47 Å². The Balaban J connectivity index is 3.48. The molecule has 0 aromatic carbocycles. The zero-order valence-corrected chi connectivity index (χ0v) is 10.2. The minimum absolute atomic E-state index is 0.00543. The normalized spacial score (nSPS) is 15.4. The van der Waals surface area contributed by atoms with Crippen LogP contribution in [0.3, 0.4) is 0 Å². The fourth-order valence-corrected chi connectivity index (χ4v) is 1.68. The molecule has 2 nitrogen and oxygen atoms in total. The first-order valence-electron chi connectivity index (χ1n) is 5.92. The van der Waals surface area contributed by atoms with Crippen molar-refractivity contribution in [2.24, 2.45) is 5.92 Å². The zero-order chi connectivity index (χ0) is 10.8. The number of methoxy groups -OCH3 is 1. The second-order valence-electron chi connectivity index (χ2n) is 3.80. The van der Waals surface area contributed by atoms with Crippen molar-refractivity contribution < 1.29 is 9.47 Å². The van der Waals surface area contributed by atoms with Gasteiger partial charge < -0.3 is 9.47 Å². The van der Waals surface area contributed by atoms with Crippen molar-refractivity contribution in [3.63, 3.8) is 0 Å². The summed E-state index contributed by atoms with van der Waals surface area (Å²) in [6.07, 6.45) is 5.96. The van der Waals surface area contributed by atoms with Crippen molar-refractivity contribution in [1.82, 2.24) is 0 Å². The summed E-state index contributed by atoms with van der Waals surface area (Å²) in [5.41, 5.74) is 0. The second-order valence-corrected chi connectivity index (χ2v) is 3.80. The summed E-state index contributed by atoms with van der Waals surface area (Å²) in [6.45, 7) is 7.42. The van der Waals surface area contributed by atoms with Gasteiger partial charge in [-0.25, -0.2) is 0 Å². The Morgan fingerprint density at radius 2 is 1.71 bits per heavy atom. The summed E-state index contributed by atoms with van der Waals surface area (Å²) in [6, 6.07) is 0. The van der Waals surface area contributed by atoms with Gasteiger partial charge in [-0.2, -0.15) is 0 Å². The molecule has 0 spiro atoms. The molecule has 0 fully saturated rings. The summed E-state index contributed by atoms with van der Waals surface area (Å²) in [5.74, 6) is 0.828. The molecule has 0 aliphatic rings. The summed E-state index contributed by atoms with van der Waals surface area (Å²) in [5, 5.41) is 0. The van der Waals surface area contributed by atoms with Crippen molar-refractivity contribution in [2.45, 2.75) is 59.2 Å². The van der Waals surface area contributed by atoms with Gasteiger partial charge >= 0.3 is 0 Å². The highest BCUT2D eigenvalue weighted by molar-refractivity contribution is 4.56. The summed E-state index contributed by atoms with van der Waals surface area (Å²) < 4.78 is 10.7. The van der Waals surface area contributed by atoms with Gasteiger partial charge in [0.25, 0.3) is 0 Å². The number of ether oxygens (including phenoxy) is 2. The lowest BCUT2D eigenvalue weighted by atomic mass is 9.98. The van der Waals surface area contributed by atoms with E-state index in [9.17, 15) is 0 Å². The number of rotatable bonds is 9. The maximum atomic E-state index is 5.60. The van der Waals surface area contributed by atoms with Crippen molar-refractivity contribution in [3.05, 3.63) is 0 Å². The van der Waals surface area contributed by atoms with Crippen LogP contribution in [0.2, 0.25) is 0 Å². The number of hydrogen-bond acceptors (Lipinski definition) is 2. The lowest BCUT2D eigenvalue weighted by molar-refractivity contribution is -0.127. The molecule has 0 rings (SSSR count). The van der Waals surface area contributed by atoms with Crippen LogP contribution in [0.5, 0.6) is 0 Å². The minimum Gasteiger partial charge on any atom is -0.356 e. The predicted octanol–water partition coefficient (Wildman–Crippen LogP) is 3.60. The van der Waals surface area contributed by atoms with Gasteiger partial charge in [0.1, 0.15) is 0 Å². The molecule has 0 saturated carbocycles. The van der Waals surface area contributed by atoms with Crippen LogP contribution in [0.4, 0.5) is 0 Å². The molecule has 0 aromatic heterocycles. The molecule has 2 atom stereocenters. The van der Waals surface area contributed by atoms with Crippen LogP contribution in [0.15, 0.2) is 0 Å². The Labute approximate surface area is 89.0 Å². The molecule has 2 heteroatoms. The van der Waals surface area contributed by atoms with Crippen LogP contribution in [0.25, 0.3) is 0 Å². The van der Waals surface area contributed by atoms with Crippen LogP contribution >= 0.6 is 0 Å². The van der Waals surface area contributed by atoms with Gasteiger partial charge in [-0.15, -0.1) is 0 Å². The van der Waals surface area contributed by atoms with Gasteiger partial charge in [0.2, 0.25) is 0 Å². The number of hydrogen-bond donors (Lipinski definition) is 0. The maximum absolute atomic E-state index is 5.60. The monoisotopic (exact) mass is 202 g/mol. The summed E-state index contributed by atoms with van der Waals surface area (Å²) in [4.78, 5) is 0. The highest BCUT2D eigenvalue weighted by atomic mass is 16.7. The van der Waals surface area contributed by atoms with Gasteiger partial charge in [0.05, 0.1) is 0 Å². The van der Waals surface area contributed by atoms with Crippen LogP contribution < -0.4 is 0 Å². The molecule has 0 amide bonds. The minimum atomic E-state index is -0.00543. The zero-order valence-electron chi connectivity index (χ0n) is 10.2. The average Bonchev–Trinajstić information content (AvgIpc) is 2.23. The Morgan fingerprint density at radius 1 is 1.00 bits per heavy atom. The first-order chi connectivity index (χ1) is 6.78. The van der Waals surface area contributed by atoms with E-state index in [-0.39, 0.29) is 6.29 Å². The summed E-state index contributed by atoms with van der Waals surface area (Å²) >= 11 is 0. The van der Waals surface area contributed by atoms with Crippen LogP contribution in [-0.2, 0) is 9.47 Å². The smallest absolute Gasteiger partial charge is 0.156 e. The first kappa shape index (κ1) is 13.9. The molecular weight excluding hydrogens is 176 g/mol. The largest absolute Gasteiger partial charge is 0.356 e. The van der Waals surface area contributed by atoms with E-state index in [0.29, 0.717) is 0 Å². The van der Waals surface area contributed by atoms with Gasteiger partial charge in [-0.3, -0.25) is 0 Å². The first-order valence-corrected chi connectivity index (χ1v) is 5.92. The average molecular weight is 202 g/mol. The van der Waals surface area contributed by atoms with Crippen molar-refractivity contribution in [3.8, 4) is 0 Å². The lowest BCUT2D eigenvalue weighted by Gasteiger charge is -2.17. The third-order valence-corrected chi connectivity index (χ3v) is 2.70. The van der Waals surface area contributed by atoms with Gasteiger partial charge in [-0.05, 0) is 18.8 Å². The van der Waals surface area contributed by atoms with E-state index in [0.717, 1.165) is 18.9 Å². The fraction of sp³-hybridized carbons (Fsp3) is 1.00. The van der Waals surface area contributed by atoms with E-state index < -0.39 is 0 Å². The standard InChI is InChI=1S/C12H26O2/c1-5-8-11(6-2)9-10-14-12(7-3)13-4/h11-12H,5-10H2,1-4H3. The van der Waals surface area contributed by atoms with Crippen LogP contribution in [0.1, 0.15) is 52.9 Å². The van der Waals surface area contributed by atoms with Crippen LogP contribution in [-0.4, -0.2) is 20.0 Å². The van der Waals surface area contributed by atoms with Gasteiger partial charge in [0, 0.05) is 13.7 Å². The van der Waals surface area contributed by atoms with E-state index in [1.807, 2.05) is 0 Å². The second kappa shape index (κ2) is 9.47. The van der Waals surface area contributed by atoms with E-state index in [2.05, 4.69) is 20.8 Å². The van der Waals surface area contributed by atoms with E-state index in [1.54, 1.807) is 7.11 Å². The Kier molecular flexibility index (Phi) is 9.42. The molecule has 86 valence electrons. The lowest BCUT2D eigenvalue weighted by Crippen LogP contribution is -2.16. The Hall–Kier alpha value is -0.0800.